The van der Waals surface area contributed by atoms with Crippen LogP contribution in [0.15, 0.2) is 23.4 Å². The van der Waals surface area contributed by atoms with E-state index in [9.17, 15) is 14.0 Å². The van der Waals surface area contributed by atoms with Gasteiger partial charge in [0.1, 0.15) is 11.9 Å². The molecule has 3 saturated heterocycles. The van der Waals surface area contributed by atoms with Gasteiger partial charge in [-0.25, -0.2) is 9.18 Å². The SMILES string of the molecule is CC(=O)NC[C@H]1CN(c2ccc(N3CC4CC(C)(C3)/C4=N/O)c(F)c2)C(=O)O1. The number of piperidine rings is 2. The quantitative estimate of drug-likeness (QED) is 0.605. The monoisotopic (exact) mass is 390 g/mol. The van der Waals surface area contributed by atoms with Crippen LogP contribution in [-0.4, -0.2) is 55.2 Å². The van der Waals surface area contributed by atoms with Crippen LogP contribution in [-0.2, 0) is 9.53 Å². The minimum Gasteiger partial charge on any atom is -0.442 e. The summed E-state index contributed by atoms with van der Waals surface area (Å²) in [5, 5.41) is 15.2. The molecule has 4 fully saturated rings. The van der Waals surface area contributed by atoms with Gasteiger partial charge in [0.15, 0.2) is 0 Å². The number of hydrogen-bond donors (Lipinski definition) is 2. The Bertz CT molecular complexity index is 860. The first-order chi connectivity index (χ1) is 13.3. The van der Waals surface area contributed by atoms with Crippen LogP contribution in [0.3, 0.4) is 0 Å². The number of carbonyl (C=O) groups is 2. The fourth-order valence-corrected chi connectivity index (χ4v) is 4.56. The van der Waals surface area contributed by atoms with Crippen LogP contribution in [0.1, 0.15) is 20.3 Å². The van der Waals surface area contributed by atoms with E-state index in [4.69, 9.17) is 9.94 Å². The zero-order valence-corrected chi connectivity index (χ0v) is 15.8. The van der Waals surface area contributed by atoms with Gasteiger partial charge in [0, 0.05) is 31.3 Å². The Morgan fingerprint density at radius 3 is 2.89 bits per heavy atom. The van der Waals surface area contributed by atoms with Crippen LogP contribution >= 0.6 is 0 Å². The second-order valence-electron chi connectivity index (χ2n) is 8.02. The molecule has 0 radical (unpaired) electrons. The van der Waals surface area contributed by atoms with Crippen LogP contribution in [0.4, 0.5) is 20.6 Å². The zero-order chi connectivity index (χ0) is 20.1. The highest BCUT2D eigenvalue weighted by Gasteiger charge is 2.53. The predicted molar refractivity (Wildman–Crippen MR) is 100 cm³/mol. The summed E-state index contributed by atoms with van der Waals surface area (Å²) in [6.07, 6.45) is -0.0831. The van der Waals surface area contributed by atoms with Gasteiger partial charge in [0.05, 0.1) is 30.2 Å². The van der Waals surface area contributed by atoms with Crippen LogP contribution in [0.25, 0.3) is 0 Å². The Hall–Kier alpha value is -2.84. The van der Waals surface area contributed by atoms with Crippen molar-refractivity contribution in [2.75, 3.05) is 36.0 Å². The molecule has 2 unspecified atom stereocenters. The van der Waals surface area contributed by atoms with Crippen molar-refractivity contribution < 1.29 is 23.9 Å². The minimum absolute atomic E-state index is 0.144. The number of rotatable bonds is 4. The minimum atomic E-state index is -0.557. The summed E-state index contributed by atoms with van der Waals surface area (Å²) in [4.78, 5) is 26.5. The Labute approximate surface area is 161 Å². The molecule has 0 spiro atoms. The fraction of sp³-hybridized carbons (Fsp3) is 0.526. The molecule has 3 aliphatic heterocycles. The maximum absolute atomic E-state index is 14.9. The molecule has 9 heteroatoms. The van der Waals surface area contributed by atoms with Gasteiger partial charge >= 0.3 is 6.09 Å². The summed E-state index contributed by atoms with van der Waals surface area (Å²) in [5.41, 5.74) is 1.46. The number of amides is 2. The number of cyclic esters (lactones) is 1. The Morgan fingerprint density at radius 1 is 1.46 bits per heavy atom. The van der Waals surface area contributed by atoms with Crippen LogP contribution < -0.4 is 15.1 Å². The number of carbonyl (C=O) groups excluding carboxylic acids is 2. The summed E-state index contributed by atoms with van der Waals surface area (Å²) in [5.74, 6) is -0.471. The normalized spacial score (nSPS) is 30.2. The maximum Gasteiger partial charge on any atom is 0.414 e. The summed E-state index contributed by atoms with van der Waals surface area (Å²) >= 11 is 0. The van der Waals surface area contributed by atoms with Crippen LogP contribution in [0.5, 0.6) is 0 Å². The molecule has 2 bridgehead atoms. The number of halogens is 1. The highest BCUT2D eigenvalue weighted by Crippen LogP contribution is 2.49. The van der Waals surface area contributed by atoms with Gasteiger partial charge in [-0.3, -0.25) is 9.69 Å². The van der Waals surface area contributed by atoms with Gasteiger partial charge in [-0.2, -0.15) is 0 Å². The number of nitrogens with zero attached hydrogens (tertiary/aromatic N) is 3. The summed E-state index contributed by atoms with van der Waals surface area (Å²) < 4.78 is 20.1. The average molecular weight is 390 g/mol. The van der Waals surface area contributed by atoms with Crippen molar-refractivity contribution in [3.05, 3.63) is 24.0 Å². The molecule has 1 aliphatic carbocycles. The molecule has 1 aromatic rings. The highest BCUT2D eigenvalue weighted by molar-refractivity contribution is 5.99. The predicted octanol–water partition coefficient (Wildman–Crippen LogP) is 1.96. The maximum atomic E-state index is 14.9. The third-order valence-electron chi connectivity index (χ3n) is 5.83. The largest absolute Gasteiger partial charge is 0.442 e. The van der Waals surface area contributed by atoms with Crippen molar-refractivity contribution >= 4 is 29.1 Å². The third kappa shape index (κ3) is 3.04. The Balaban J connectivity index is 1.47. The van der Waals surface area contributed by atoms with Crippen molar-refractivity contribution in [1.82, 2.24) is 5.32 Å². The van der Waals surface area contributed by atoms with Crippen LogP contribution in [0.2, 0.25) is 0 Å². The topological polar surface area (TPSA) is 94.5 Å². The van der Waals surface area contributed by atoms with Gasteiger partial charge < -0.3 is 20.2 Å². The molecule has 2 amide bonds. The van der Waals surface area contributed by atoms with E-state index >= 15 is 0 Å². The van der Waals surface area contributed by atoms with Gasteiger partial charge in [0.25, 0.3) is 0 Å². The molecular formula is C19H23FN4O4. The Kier molecular flexibility index (Phi) is 4.40. The van der Waals surface area contributed by atoms with Gasteiger partial charge in [-0.1, -0.05) is 12.1 Å². The van der Waals surface area contributed by atoms with Crippen molar-refractivity contribution in [1.29, 1.82) is 0 Å². The van der Waals surface area contributed by atoms with E-state index in [-0.39, 0.29) is 30.3 Å². The second kappa shape index (κ2) is 6.65. The first-order valence-electron chi connectivity index (χ1n) is 9.30. The van der Waals surface area contributed by atoms with Crippen molar-refractivity contribution in [2.45, 2.75) is 26.4 Å². The zero-order valence-electron chi connectivity index (χ0n) is 15.8. The number of benzene rings is 1. The Morgan fingerprint density at radius 2 is 2.25 bits per heavy atom. The molecule has 150 valence electrons. The second-order valence-corrected chi connectivity index (χ2v) is 8.02. The fourth-order valence-electron chi connectivity index (χ4n) is 4.56. The van der Waals surface area contributed by atoms with Crippen LogP contribution in [0, 0.1) is 17.2 Å². The lowest BCUT2D eigenvalue weighted by Crippen LogP contribution is -2.62. The lowest BCUT2D eigenvalue weighted by atomic mass is 9.58. The lowest BCUT2D eigenvalue weighted by molar-refractivity contribution is -0.119. The summed E-state index contributed by atoms with van der Waals surface area (Å²) in [6, 6.07) is 4.70. The molecular weight excluding hydrogens is 367 g/mol. The molecule has 4 aliphatic rings. The first kappa shape index (κ1) is 18.5. The average Bonchev–Trinajstić information content (AvgIpc) is 3.00. The molecule has 1 saturated carbocycles. The molecule has 1 aromatic carbocycles. The van der Waals surface area contributed by atoms with Gasteiger partial charge in [0.2, 0.25) is 5.91 Å². The lowest BCUT2D eigenvalue weighted by Gasteiger charge is -2.55. The number of oxime groups is 1. The summed E-state index contributed by atoms with van der Waals surface area (Å²) in [7, 11) is 0. The smallest absolute Gasteiger partial charge is 0.414 e. The van der Waals surface area contributed by atoms with Crippen molar-refractivity contribution in [2.24, 2.45) is 16.5 Å². The van der Waals surface area contributed by atoms with Gasteiger partial charge in [-0.05, 0) is 24.6 Å². The van der Waals surface area contributed by atoms with Gasteiger partial charge in [-0.15, -0.1) is 0 Å². The van der Waals surface area contributed by atoms with E-state index in [0.717, 1.165) is 12.1 Å². The van der Waals surface area contributed by atoms with E-state index in [0.29, 0.717) is 24.5 Å². The molecule has 2 N–H and O–H groups in total. The van der Waals surface area contributed by atoms with E-state index in [2.05, 4.69) is 10.5 Å². The first-order valence-corrected chi connectivity index (χ1v) is 9.30. The highest BCUT2D eigenvalue weighted by atomic mass is 19.1. The molecule has 3 atom stereocenters. The molecule has 8 nitrogen and oxygen atoms in total. The molecule has 28 heavy (non-hydrogen) atoms. The third-order valence-corrected chi connectivity index (χ3v) is 5.83. The number of fused-ring (bicyclic) bond motifs is 2. The molecule has 0 aromatic heterocycles. The molecule has 3 heterocycles. The van der Waals surface area contributed by atoms with Crippen molar-refractivity contribution in [3.8, 4) is 0 Å². The van der Waals surface area contributed by atoms with E-state index in [1.54, 1.807) is 12.1 Å². The number of ether oxygens (including phenoxy) is 1. The number of anilines is 2. The van der Waals surface area contributed by atoms with E-state index < -0.39 is 18.0 Å². The standard InChI is InChI=1S/C19H23FN4O4/c1-11(25)21-7-14-9-24(18(26)28-14)13-3-4-16(15(20)5-13)23-8-12-6-19(2,10-23)17(12)22-27/h3-5,12,14,27H,6-10H2,1-2H3,(H,21,25)/b22-17+/t12?,14-,19?/m0/s1. The molecule has 5 rings (SSSR count). The number of hydrogen-bond acceptors (Lipinski definition) is 6. The number of nitrogens with one attached hydrogen (secondary N) is 1. The van der Waals surface area contributed by atoms with E-state index in [1.165, 1.54) is 17.9 Å². The van der Waals surface area contributed by atoms with Crippen molar-refractivity contribution in [3.63, 3.8) is 0 Å². The summed E-state index contributed by atoms with van der Waals surface area (Å²) in [6.45, 7) is 5.08. The van der Waals surface area contributed by atoms with E-state index in [1.807, 2.05) is 11.8 Å².